The summed E-state index contributed by atoms with van der Waals surface area (Å²) in [7, 11) is -0.0959. The highest BCUT2D eigenvalue weighted by molar-refractivity contribution is 7.85. The molecule has 0 saturated carbocycles. The topological polar surface area (TPSA) is 80.7 Å². The maximum atomic E-state index is 11.1. The van der Waals surface area contributed by atoms with Gasteiger partial charge < -0.3 is 21.6 Å². The summed E-state index contributed by atoms with van der Waals surface area (Å²) >= 11 is 0. The van der Waals surface area contributed by atoms with Crippen LogP contribution in [0.4, 0.5) is 0 Å². The Balaban J connectivity index is 0. The lowest BCUT2D eigenvalue weighted by Crippen LogP contribution is -3.00. The molecule has 0 aliphatic carbocycles. The first-order valence-electron chi connectivity index (χ1n) is 5.63. The van der Waals surface area contributed by atoms with Gasteiger partial charge in [0.15, 0.2) is 0 Å². The van der Waals surface area contributed by atoms with E-state index < -0.39 is 16.1 Å². The van der Waals surface area contributed by atoms with E-state index in [1.54, 1.807) is 6.92 Å². The molecule has 8 heteroatoms. The Bertz CT molecular complexity index is 405. The van der Waals surface area contributed by atoms with Gasteiger partial charge >= 0.3 is 5.97 Å². The molecule has 0 radical (unpaired) electrons. The van der Waals surface area contributed by atoms with Gasteiger partial charge in [-0.3, -0.25) is 4.55 Å². The van der Waals surface area contributed by atoms with Gasteiger partial charge in [-0.2, -0.15) is 8.42 Å². The summed E-state index contributed by atoms with van der Waals surface area (Å²) in [5.41, 5.74) is 0.353. The molecule has 0 aliphatic heterocycles. The Hall–Kier alpha value is -0.630. The number of carbonyl (C=O) groups is 1. The fraction of sp³-hybridized carbons (Fsp3) is 0.727. The third-order valence-corrected chi connectivity index (χ3v) is 3.25. The van der Waals surface area contributed by atoms with Crippen molar-refractivity contribution >= 4 is 16.1 Å². The Morgan fingerprint density at radius 3 is 2.26 bits per heavy atom. The van der Waals surface area contributed by atoms with Gasteiger partial charge in [0.25, 0.3) is 10.1 Å². The Morgan fingerprint density at radius 1 is 1.32 bits per heavy atom. The molecule has 1 N–H and O–H groups in total. The zero-order chi connectivity index (χ0) is 14.4. The summed E-state index contributed by atoms with van der Waals surface area (Å²) in [6.07, 6.45) is 0.361. The fourth-order valence-electron chi connectivity index (χ4n) is 1.30. The van der Waals surface area contributed by atoms with Crippen LogP contribution in [0.15, 0.2) is 12.2 Å². The van der Waals surface area contributed by atoms with E-state index in [4.69, 9.17) is 9.29 Å². The zero-order valence-electron chi connectivity index (χ0n) is 11.6. The highest BCUT2D eigenvalue weighted by atomic mass is 35.5. The molecule has 0 aromatic heterocycles. The Morgan fingerprint density at radius 2 is 1.84 bits per heavy atom. The molecule has 0 fully saturated rings. The number of hydrogen-bond acceptors (Lipinski definition) is 4. The monoisotopic (exact) mass is 315 g/mol. The van der Waals surface area contributed by atoms with E-state index in [0.29, 0.717) is 29.6 Å². The maximum Gasteiger partial charge on any atom is 0.333 e. The minimum absolute atomic E-state index is 0. The van der Waals surface area contributed by atoms with E-state index >= 15 is 0 Å². The molecule has 0 unspecified atom stereocenters. The van der Waals surface area contributed by atoms with Crippen molar-refractivity contribution in [2.45, 2.75) is 13.3 Å². The molecule has 0 amide bonds. The molecule has 0 aromatic carbocycles. The quantitative estimate of drug-likeness (QED) is 0.231. The number of likely N-dealkylation sites (N-methyl/N-ethyl adjacent to an activating group) is 1. The van der Waals surface area contributed by atoms with E-state index in [1.807, 2.05) is 14.1 Å². The van der Waals surface area contributed by atoms with Gasteiger partial charge in [0.1, 0.15) is 13.2 Å². The molecule has 0 spiro atoms. The van der Waals surface area contributed by atoms with Crippen molar-refractivity contribution in [3.05, 3.63) is 12.2 Å². The highest BCUT2D eigenvalue weighted by Crippen LogP contribution is 2.02. The van der Waals surface area contributed by atoms with Gasteiger partial charge in [0, 0.05) is 12.0 Å². The highest BCUT2D eigenvalue weighted by Gasteiger charge is 2.17. The van der Waals surface area contributed by atoms with Crippen LogP contribution >= 0.6 is 0 Å². The molecule has 0 aromatic rings. The summed E-state index contributed by atoms with van der Waals surface area (Å²) < 4.78 is 35.2. The molecule has 0 saturated heterocycles. The van der Waals surface area contributed by atoms with Gasteiger partial charge in [-0.15, -0.1) is 0 Å². The van der Waals surface area contributed by atoms with Crippen molar-refractivity contribution in [3.8, 4) is 0 Å². The Labute approximate surface area is 121 Å². The molecule has 114 valence electrons. The molecule has 19 heavy (non-hydrogen) atoms. The van der Waals surface area contributed by atoms with Gasteiger partial charge in [0.05, 0.1) is 26.4 Å². The molecular formula is C11H22ClNO5S. The second-order valence-electron chi connectivity index (χ2n) is 4.94. The maximum absolute atomic E-state index is 11.1. The number of esters is 1. The third-order valence-electron chi connectivity index (χ3n) is 2.44. The first-order chi connectivity index (χ1) is 8.03. The lowest BCUT2D eigenvalue weighted by molar-refractivity contribution is -0.890. The molecule has 6 nitrogen and oxygen atoms in total. The van der Waals surface area contributed by atoms with Crippen molar-refractivity contribution in [3.63, 3.8) is 0 Å². The fourth-order valence-corrected chi connectivity index (χ4v) is 1.79. The number of carbonyl (C=O) groups excluding carboxylic acids is 1. The standard InChI is InChI=1S/C11H21NO5S.ClH/c1-10(2)11(13)17-8-7-12(3,4)6-5-9-18(14,15)16;/h1,5-9H2,2-4H3;1H. The van der Waals surface area contributed by atoms with Crippen LogP contribution in [0.3, 0.4) is 0 Å². The third kappa shape index (κ3) is 12.2. The number of hydrogen-bond donors (Lipinski definition) is 1. The molecule has 0 atom stereocenters. The van der Waals surface area contributed by atoms with Crippen molar-refractivity contribution < 1.29 is 39.4 Å². The van der Waals surface area contributed by atoms with Crippen LogP contribution < -0.4 is 12.4 Å². The molecule has 0 heterocycles. The molecule has 0 bridgehead atoms. The summed E-state index contributed by atoms with van der Waals surface area (Å²) in [5.74, 6) is -0.673. The van der Waals surface area contributed by atoms with Crippen LogP contribution in [0.2, 0.25) is 0 Å². The van der Waals surface area contributed by atoms with E-state index in [-0.39, 0.29) is 24.8 Å². The lowest BCUT2D eigenvalue weighted by atomic mass is 10.3. The van der Waals surface area contributed by atoms with Gasteiger partial charge in [-0.1, -0.05) is 6.58 Å². The average molecular weight is 316 g/mol. The number of rotatable bonds is 8. The second-order valence-corrected chi connectivity index (χ2v) is 6.51. The van der Waals surface area contributed by atoms with Crippen LogP contribution in [-0.4, -0.2) is 63.0 Å². The van der Waals surface area contributed by atoms with Crippen LogP contribution in [0.1, 0.15) is 13.3 Å². The number of halogens is 1. The smallest absolute Gasteiger partial charge is 0.333 e. The van der Waals surface area contributed by atoms with Crippen molar-refractivity contribution in [2.24, 2.45) is 0 Å². The van der Waals surface area contributed by atoms with Crippen molar-refractivity contribution in [2.75, 3.05) is 39.5 Å². The van der Waals surface area contributed by atoms with Gasteiger partial charge in [-0.05, 0) is 6.92 Å². The van der Waals surface area contributed by atoms with E-state index in [2.05, 4.69) is 6.58 Å². The largest absolute Gasteiger partial charge is 1.00 e. The minimum atomic E-state index is -3.90. The SMILES string of the molecule is C=C(C)C(=O)OCC[N+](C)(C)CCCS(=O)(=O)O.[Cl-]. The van der Waals surface area contributed by atoms with Crippen LogP contribution in [-0.2, 0) is 19.6 Å². The number of nitrogens with zero attached hydrogens (tertiary/aromatic N) is 1. The predicted octanol–water partition coefficient (Wildman–Crippen LogP) is -2.54. The first kappa shape index (κ1) is 20.7. The number of quaternary nitrogens is 1. The second kappa shape index (κ2) is 8.52. The summed E-state index contributed by atoms with van der Waals surface area (Å²) in [4.78, 5) is 11.1. The predicted molar refractivity (Wildman–Crippen MR) is 68.6 cm³/mol. The number of ether oxygens (including phenoxy) is 1. The molecule has 0 aliphatic rings. The van der Waals surface area contributed by atoms with Crippen LogP contribution in [0, 0.1) is 0 Å². The van der Waals surface area contributed by atoms with Crippen molar-refractivity contribution in [1.29, 1.82) is 0 Å². The Kier molecular flexibility index (Phi) is 9.28. The summed E-state index contributed by atoms with van der Waals surface area (Å²) in [5, 5.41) is 0. The summed E-state index contributed by atoms with van der Waals surface area (Å²) in [6, 6.07) is 0. The van der Waals surface area contributed by atoms with Crippen molar-refractivity contribution in [1.82, 2.24) is 0 Å². The molecule has 0 rings (SSSR count). The van der Waals surface area contributed by atoms with E-state index in [9.17, 15) is 13.2 Å². The van der Waals surface area contributed by atoms with Crippen LogP contribution in [0.5, 0.6) is 0 Å². The normalized spacial score (nSPS) is 11.6. The minimum Gasteiger partial charge on any atom is -1.00 e. The van der Waals surface area contributed by atoms with E-state index in [0.717, 1.165) is 0 Å². The van der Waals surface area contributed by atoms with Crippen LogP contribution in [0.25, 0.3) is 0 Å². The zero-order valence-corrected chi connectivity index (χ0v) is 13.1. The molecular weight excluding hydrogens is 294 g/mol. The van der Waals surface area contributed by atoms with E-state index in [1.165, 1.54) is 0 Å². The van der Waals surface area contributed by atoms with Gasteiger partial charge in [0.2, 0.25) is 0 Å². The summed E-state index contributed by atoms with van der Waals surface area (Å²) in [6.45, 7) is 6.45. The lowest BCUT2D eigenvalue weighted by Gasteiger charge is -2.29. The average Bonchev–Trinajstić information content (AvgIpc) is 2.14. The van der Waals surface area contributed by atoms with Gasteiger partial charge in [-0.25, -0.2) is 4.79 Å². The first-order valence-corrected chi connectivity index (χ1v) is 7.24.